The Bertz CT molecular complexity index is 798. The number of hydrogen-bond donors (Lipinski definition) is 1. The second kappa shape index (κ2) is 8.42. The fraction of sp³-hybridized carbons (Fsp3) is 0.333. The standard InChI is InChI=1S/C24H28N2O2/c1-24(2,3)25-22(27)20-16-10-11-17-21(20)23(28)26(18-12-6-4-7-13-18)19-14-8-5-9-15-19/h4-15,20-21H,16-17H2,1-3H3,(H,25,27). The molecule has 4 heteroatoms. The van der Waals surface area contributed by atoms with Crippen molar-refractivity contribution in [3.8, 4) is 0 Å². The molecular formula is C24H28N2O2. The minimum absolute atomic E-state index is 0.0455. The predicted octanol–water partition coefficient (Wildman–Crippen LogP) is 4.85. The van der Waals surface area contributed by atoms with Crippen LogP contribution in [-0.4, -0.2) is 17.4 Å². The third-order valence-corrected chi connectivity index (χ3v) is 4.83. The Morgan fingerprint density at radius 2 is 1.29 bits per heavy atom. The summed E-state index contributed by atoms with van der Waals surface area (Å²) in [6.07, 6.45) is 5.16. The molecule has 1 aliphatic carbocycles. The number of carbonyl (C=O) groups excluding carboxylic acids is 2. The molecule has 2 atom stereocenters. The van der Waals surface area contributed by atoms with Gasteiger partial charge in [-0.05, 0) is 57.9 Å². The summed E-state index contributed by atoms with van der Waals surface area (Å²) in [4.78, 5) is 28.3. The molecular weight excluding hydrogens is 348 g/mol. The van der Waals surface area contributed by atoms with Gasteiger partial charge in [0.15, 0.2) is 0 Å². The van der Waals surface area contributed by atoms with Crippen molar-refractivity contribution in [1.29, 1.82) is 0 Å². The van der Waals surface area contributed by atoms with E-state index in [1.165, 1.54) is 0 Å². The van der Waals surface area contributed by atoms with Gasteiger partial charge in [0.1, 0.15) is 0 Å². The maximum atomic E-state index is 13.7. The normalized spacial score (nSPS) is 19.1. The van der Waals surface area contributed by atoms with Crippen LogP contribution in [0.1, 0.15) is 33.6 Å². The summed E-state index contributed by atoms with van der Waals surface area (Å²) in [6.45, 7) is 5.88. The van der Waals surface area contributed by atoms with Gasteiger partial charge in [0.05, 0.1) is 11.8 Å². The molecule has 1 aliphatic rings. The van der Waals surface area contributed by atoms with Crippen LogP contribution in [0, 0.1) is 11.8 Å². The van der Waals surface area contributed by atoms with Crippen molar-refractivity contribution < 1.29 is 9.59 Å². The fourth-order valence-corrected chi connectivity index (χ4v) is 3.56. The lowest BCUT2D eigenvalue weighted by Crippen LogP contribution is -2.48. The zero-order valence-corrected chi connectivity index (χ0v) is 16.8. The molecule has 3 rings (SSSR count). The zero-order chi connectivity index (χ0) is 20.1. The number of allylic oxidation sites excluding steroid dienone is 2. The molecule has 2 amide bonds. The van der Waals surface area contributed by atoms with Crippen LogP contribution in [0.15, 0.2) is 72.8 Å². The first-order valence-corrected chi connectivity index (χ1v) is 9.78. The maximum absolute atomic E-state index is 13.7. The number of rotatable bonds is 4. The topological polar surface area (TPSA) is 49.4 Å². The highest BCUT2D eigenvalue weighted by molar-refractivity contribution is 6.03. The molecule has 2 aromatic carbocycles. The van der Waals surface area contributed by atoms with Gasteiger partial charge in [0.2, 0.25) is 11.8 Å². The van der Waals surface area contributed by atoms with Crippen LogP contribution in [0.3, 0.4) is 0 Å². The summed E-state index contributed by atoms with van der Waals surface area (Å²) in [5.74, 6) is -0.869. The van der Waals surface area contributed by atoms with E-state index >= 15 is 0 Å². The summed E-state index contributed by atoms with van der Waals surface area (Å²) in [5, 5.41) is 3.05. The predicted molar refractivity (Wildman–Crippen MR) is 113 cm³/mol. The molecule has 0 heterocycles. The first kappa shape index (κ1) is 19.9. The van der Waals surface area contributed by atoms with Crippen molar-refractivity contribution in [3.63, 3.8) is 0 Å². The second-order valence-electron chi connectivity index (χ2n) is 8.24. The van der Waals surface area contributed by atoms with E-state index in [9.17, 15) is 9.59 Å². The van der Waals surface area contributed by atoms with Gasteiger partial charge < -0.3 is 5.32 Å². The summed E-state index contributed by atoms with van der Waals surface area (Å²) in [5.41, 5.74) is 1.29. The lowest BCUT2D eigenvalue weighted by atomic mass is 9.80. The summed E-state index contributed by atoms with van der Waals surface area (Å²) < 4.78 is 0. The lowest BCUT2D eigenvalue weighted by molar-refractivity contribution is -0.134. The van der Waals surface area contributed by atoms with Crippen LogP contribution in [0.2, 0.25) is 0 Å². The highest BCUT2D eigenvalue weighted by Crippen LogP contribution is 2.33. The largest absolute Gasteiger partial charge is 0.351 e. The van der Waals surface area contributed by atoms with Gasteiger partial charge in [-0.1, -0.05) is 48.6 Å². The number of carbonyl (C=O) groups is 2. The van der Waals surface area contributed by atoms with E-state index in [0.29, 0.717) is 12.8 Å². The second-order valence-corrected chi connectivity index (χ2v) is 8.24. The van der Waals surface area contributed by atoms with Crippen molar-refractivity contribution in [2.45, 2.75) is 39.2 Å². The molecule has 0 bridgehead atoms. The third kappa shape index (κ3) is 4.69. The molecule has 0 radical (unpaired) electrons. The van der Waals surface area contributed by atoms with Crippen LogP contribution in [0.25, 0.3) is 0 Å². The van der Waals surface area contributed by atoms with E-state index < -0.39 is 5.92 Å². The zero-order valence-electron chi connectivity index (χ0n) is 16.8. The van der Waals surface area contributed by atoms with E-state index in [4.69, 9.17) is 0 Å². The monoisotopic (exact) mass is 376 g/mol. The van der Waals surface area contributed by atoms with E-state index in [1.54, 1.807) is 4.90 Å². The van der Waals surface area contributed by atoms with Crippen molar-refractivity contribution >= 4 is 23.2 Å². The van der Waals surface area contributed by atoms with Gasteiger partial charge in [0.25, 0.3) is 0 Å². The molecule has 146 valence electrons. The van der Waals surface area contributed by atoms with Gasteiger partial charge in [0, 0.05) is 16.9 Å². The average Bonchev–Trinajstić information content (AvgIpc) is 2.68. The van der Waals surface area contributed by atoms with Crippen molar-refractivity contribution in [2.75, 3.05) is 4.90 Å². The summed E-state index contributed by atoms with van der Waals surface area (Å²) in [7, 11) is 0. The Morgan fingerprint density at radius 3 is 1.75 bits per heavy atom. The van der Waals surface area contributed by atoms with Crippen molar-refractivity contribution in [3.05, 3.63) is 72.8 Å². The van der Waals surface area contributed by atoms with Crippen LogP contribution in [-0.2, 0) is 9.59 Å². The highest BCUT2D eigenvalue weighted by Gasteiger charge is 2.38. The molecule has 0 aromatic heterocycles. The lowest BCUT2D eigenvalue weighted by Gasteiger charge is -2.34. The first-order chi connectivity index (χ1) is 13.4. The van der Waals surface area contributed by atoms with Crippen LogP contribution < -0.4 is 10.2 Å². The Morgan fingerprint density at radius 1 is 0.821 bits per heavy atom. The van der Waals surface area contributed by atoms with Gasteiger partial charge in [-0.2, -0.15) is 0 Å². The Balaban J connectivity index is 1.95. The number of nitrogens with zero attached hydrogens (tertiary/aromatic N) is 1. The van der Waals surface area contributed by atoms with Crippen LogP contribution in [0.5, 0.6) is 0 Å². The molecule has 0 aliphatic heterocycles. The van der Waals surface area contributed by atoms with E-state index in [0.717, 1.165) is 11.4 Å². The molecule has 2 aromatic rings. The van der Waals surface area contributed by atoms with Crippen molar-refractivity contribution in [2.24, 2.45) is 11.8 Å². The molecule has 4 nitrogen and oxygen atoms in total. The van der Waals surface area contributed by atoms with Crippen LogP contribution >= 0.6 is 0 Å². The average molecular weight is 377 g/mol. The molecule has 28 heavy (non-hydrogen) atoms. The van der Waals surface area contributed by atoms with Gasteiger partial charge in [-0.25, -0.2) is 0 Å². The Hall–Kier alpha value is -2.88. The summed E-state index contributed by atoms with van der Waals surface area (Å²) >= 11 is 0. The van der Waals surface area contributed by atoms with Crippen LogP contribution in [0.4, 0.5) is 11.4 Å². The number of nitrogens with one attached hydrogen (secondary N) is 1. The molecule has 0 fully saturated rings. The molecule has 2 unspecified atom stereocenters. The number of hydrogen-bond acceptors (Lipinski definition) is 2. The molecule has 0 saturated heterocycles. The van der Waals surface area contributed by atoms with E-state index in [-0.39, 0.29) is 23.3 Å². The molecule has 1 N–H and O–H groups in total. The van der Waals surface area contributed by atoms with Gasteiger partial charge >= 0.3 is 0 Å². The fourth-order valence-electron chi connectivity index (χ4n) is 3.56. The molecule has 0 saturated carbocycles. The van der Waals surface area contributed by atoms with Crippen molar-refractivity contribution in [1.82, 2.24) is 5.32 Å². The highest BCUT2D eigenvalue weighted by atomic mass is 16.2. The Labute approximate surface area is 167 Å². The maximum Gasteiger partial charge on any atom is 0.235 e. The van der Waals surface area contributed by atoms with Gasteiger partial charge in [-0.3, -0.25) is 14.5 Å². The Kier molecular flexibility index (Phi) is 5.98. The third-order valence-electron chi connectivity index (χ3n) is 4.83. The number of benzene rings is 2. The summed E-state index contributed by atoms with van der Waals surface area (Å²) in [6, 6.07) is 19.2. The van der Waals surface area contributed by atoms with E-state index in [1.807, 2.05) is 93.6 Å². The minimum Gasteiger partial charge on any atom is -0.351 e. The minimum atomic E-state index is -0.396. The smallest absolute Gasteiger partial charge is 0.235 e. The number of para-hydroxylation sites is 2. The SMILES string of the molecule is CC(C)(C)NC(=O)C1CC=CCC1C(=O)N(c1ccccc1)c1ccccc1. The number of amides is 2. The first-order valence-electron chi connectivity index (χ1n) is 9.78. The quantitative estimate of drug-likeness (QED) is 0.776. The number of anilines is 2. The molecule has 0 spiro atoms. The van der Waals surface area contributed by atoms with Gasteiger partial charge in [-0.15, -0.1) is 0 Å². The van der Waals surface area contributed by atoms with E-state index in [2.05, 4.69) is 5.32 Å².